The van der Waals surface area contributed by atoms with Crippen molar-refractivity contribution in [1.82, 2.24) is 14.9 Å². The van der Waals surface area contributed by atoms with Crippen LogP contribution in [0.2, 0.25) is 0 Å². The van der Waals surface area contributed by atoms with E-state index in [1.54, 1.807) is 12.1 Å². The first kappa shape index (κ1) is 19.0. The number of para-hydroxylation sites is 1. The molecule has 0 spiro atoms. The molecule has 2 heterocycles. The van der Waals surface area contributed by atoms with E-state index >= 15 is 0 Å². The van der Waals surface area contributed by atoms with Gasteiger partial charge in [-0.2, -0.15) is 0 Å². The standard InChI is InChI=1S/C19H23N3O5/c1-13-3-2-4-14-16(13)21-12-22(17(14)24)8-5-15(23)20-11-19(18(25)26)6-9-27-10-7-19/h2-4,12H,5-11H2,1H3,(H,20,23)(H,25,26). The number of hydrogen-bond acceptors (Lipinski definition) is 5. The molecule has 1 saturated heterocycles. The molecule has 8 nitrogen and oxygen atoms in total. The summed E-state index contributed by atoms with van der Waals surface area (Å²) in [5.74, 6) is -1.21. The molecule has 0 radical (unpaired) electrons. The molecule has 1 aliphatic heterocycles. The van der Waals surface area contributed by atoms with Crippen molar-refractivity contribution in [1.29, 1.82) is 0 Å². The van der Waals surface area contributed by atoms with Gasteiger partial charge in [-0.25, -0.2) is 4.98 Å². The summed E-state index contributed by atoms with van der Waals surface area (Å²) in [7, 11) is 0. The van der Waals surface area contributed by atoms with Crippen molar-refractivity contribution < 1.29 is 19.4 Å². The Kier molecular flexibility index (Phi) is 5.55. The minimum absolute atomic E-state index is 0.0641. The molecule has 2 aromatic rings. The largest absolute Gasteiger partial charge is 0.481 e. The summed E-state index contributed by atoms with van der Waals surface area (Å²) in [4.78, 5) is 40.6. The zero-order chi connectivity index (χ0) is 19.4. The fourth-order valence-corrected chi connectivity index (χ4v) is 3.30. The normalized spacial score (nSPS) is 16.2. The van der Waals surface area contributed by atoms with Crippen LogP contribution in [0.3, 0.4) is 0 Å². The second-order valence-corrected chi connectivity index (χ2v) is 6.94. The molecule has 27 heavy (non-hydrogen) atoms. The Morgan fingerprint density at radius 2 is 2.07 bits per heavy atom. The van der Waals surface area contributed by atoms with Crippen LogP contribution in [0.1, 0.15) is 24.8 Å². The van der Waals surface area contributed by atoms with E-state index in [0.29, 0.717) is 37.0 Å². The predicted octanol–water partition coefficient (Wildman–Crippen LogP) is 1.09. The summed E-state index contributed by atoms with van der Waals surface area (Å²) in [5.41, 5.74) is 0.409. The third kappa shape index (κ3) is 4.00. The Hall–Kier alpha value is -2.74. The first-order chi connectivity index (χ1) is 12.9. The number of carboxylic acids is 1. The van der Waals surface area contributed by atoms with Gasteiger partial charge >= 0.3 is 5.97 Å². The van der Waals surface area contributed by atoms with Gasteiger partial charge in [-0.15, -0.1) is 0 Å². The molecule has 1 aromatic carbocycles. The van der Waals surface area contributed by atoms with Gasteiger partial charge in [0.25, 0.3) is 5.56 Å². The smallest absolute Gasteiger partial charge is 0.311 e. The van der Waals surface area contributed by atoms with Crippen molar-refractivity contribution in [2.45, 2.75) is 32.7 Å². The number of carbonyl (C=O) groups excluding carboxylic acids is 1. The molecule has 1 amide bonds. The van der Waals surface area contributed by atoms with Crippen LogP contribution in [0.5, 0.6) is 0 Å². The predicted molar refractivity (Wildman–Crippen MR) is 98.5 cm³/mol. The van der Waals surface area contributed by atoms with Crippen molar-refractivity contribution in [3.63, 3.8) is 0 Å². The van der Waals surface area contributed by atoms with Gasteiger partial charge < -0.3 is 15.2 Å². The molecule has 1 fully saturated rings. The number of nitrogens with zero attached hydrogens (tertiary/aromatic N) is 2. The van der Waals surface area contributed by atoms with Gasteiger partial charge in [0.2, 0.25) is 5.91 Å². The first-order valence-electron chi connectivity index (χ1n) is 8.95. The van der Waals surface area contributed by atoms with Gasteiger partial charge in [0.05, 0.1) is 22.6 Å². The van der Waals surface area contributed by atoms with E-state index in [0.717, 1.165) is 5.56 Å². The molecular formula is C19H23N3O5. The van der Waals surface area contributed by atoms with Crippen molar-refractivity contribution in [2.75, 3.05) is 19.8 Å². The van der Waals surface area contributed by atoms with Crippen LogP contribution in [-0.2, 0) is 20.9 Å². The molecule has 2 N–H and O–H groups in total. The number of aliphatic carboxylic acids is 1. The maximum atomic E-state index is 12.5. The third-order valence-corrected chi connectivity index (χ3v) is 5.16. The van der Waals surface area contributed by atoms with Gasteiger partial charge in [0.1, 0.15) is 0 Å². The van der Waals surface area contributed by atoms with Crippen molar-refractivity contribution in [3.05, 3.63) is 40.4 Å². The molecule has 0 bridgehead atoms. The zero-order valence-corrected chi connectivity index (χ0v) is 15.2. The number of carbonyl (C=O) groups is 2. The van der Waals surface area contributed by atoms with Crippen LogP contribution in [0.15, 0.2) is 29.3 Å². The van der Waals surface area contributed by atoms with Crippen molar-refractivity contribution >= 4 is 22.8 Å². The number of fused-ring (bicyclic) bond motifs is 1. The molecule has 0 aliphatic carbocycles. The van der Waals surface area contributed by atoms with Crippen LogP contribution in [0.25, 0.3) is 10.9 Å². The van der Waals surface area contributed by atoms with Crippen LogP contribution in [-0.4, -0.2) is 46.3 Å². The van der Waals surface area contributed by atoms with Crippen LogP contribution in [0.4, 0.5) is 0 Å². The molecule has 1 aliphatic rings. The molecule has 144 valence electrons. The topological polar surface area (TPSA) is 111 Å². The zero-order valence-electron chi connectivity index (χ0n) is 15.2. The Bertz CT molecular complexity index is 915. The number of benzene rings is 1. The number of ether oxygens (including phenoxy) is 1. The number of rotatable bonds is 6. The monoisotopic (exact) mass is 373 g/mol. The van der Waals surface area contributed by atoms with E-state index in [1.165, 1.54) is 10.9 Å². The summed E-state index contributed by atoms with van der Waals surface area (Å²) in [6.45, 7) is 2.89. The summed E-state index contributed by atoms with van der Waals surface area (Å²) in [6, 6.07) is 5.41. The lowest BCUT2D eigenvalue weighted by Crippen LogP contribution is -2.46. The van der Waals surface area contributed by atoms with Gasteiger partial charge in [-0.1, -0.05) is 12.1 Å². The second kappa shape index (κ2) is 7.87. The van der Waals surface area contributed by atoms with Crippen molar-refractivity contribution in [3.8, 4) is 0 Å². The third-order valence-electron chi connectivity index (χ3n) is 5.16. The Morgan fingerprint density at radius 1 is 1.33 bits per heavy atom. The molecule has 0 unspecified atom stereocenters. The lowest BCUT2D eigenvalue weighted by Gasteiger charge is -2.33. The number of hydrogen-bond donors (Lipinski definition) is 2. The highest BCUT2D eigenvalue weighted by Gasteiger charge is 2.40. The lowest BCUT2D eigenvalue weighted by molar-refractivity contribution is -0.154. The summed E-state index contributed by atoms with van der Waals surface area (Å²) in [5, 5.41) is 12.7. The van der Waals surface area contributed by atoms with Crippen molar-refractivity contribution in [2.24, 2.45) is 5.41 Å². The van der Waals surface area contributed by atoms with E-state index in [1.807, 2.05) is 13.0 Å². The summed E-state index contributed by atoms with van der Waals surface area (Å²) in [6.07, 6.45) is 2.26. The number of amides is 1. The van der Waals surface area contributed by atoms with Gasteiger partial charge in [-0.3, -0.25) is 19.0 Å². The molecule has 0 atom stereocenters. The second-order valence-electron chi connectivity index (χ2n) is 6.94. The van der Waals surface area contributed by atoms with Gasteiger partial charge in [0, 0.05) is 32.7 Å². The quantitative estimate of drug-likeness (QED) is 0.784. The lowest BCUT2D eigenvalue weighted by atomic mass is 9.80. The average Bonchev–Trinajstić information content (AvgIpc) is 2.67. The average molecular weight is 373 g/mol. The SMILES string of the molecule is Cc1cccc2c(=O)n(CCC(=O)NCC3(C(=O)O)CCOCC3)cnc12. The summed E-state index contributed by atoms with van der Waals surface area (Å²) >= 11 is 0. The van der Waals surface area contributed by atoms with Crippen LogP contribution in [0, 0.1) is 12.3 Å². The Morgan fingerprint density at radius 3 is 2.78 bits per heavy atom. The fourth-order valence-electron chi connectivity index (χ4n) is 3.30. The highest BCUT2D eigenvalue weighted by Crippen LogP contribution is 2.30. The van der Waals surface area contributed by atoms with Gasteiger partial charge in [-0.05, 0) is 31.4 Å². The van der Waals surface area contributed by atoms with Crippen LogP contribution >= 0.6 is 0 Å². The molecule has 0 saturated carbocycles. The highest BCUT2D eigenvalue weighted by molar-refractivity contribution is 5.81. The van der Waals surface area contributed by atoms with Gasteiger partial charge in [0.15, 0.2) is 0 Å². The summed E-state index contributed by atoms with van der Waals surface area (Å²) < 4.78 is 6.63. The van der Waals surface area contributed by atoms with Crippen LogP contribution < -0.4 is 10.9 Å². The van der Waals surface area contributed by atoms with E-state index in [-0.39, 0.29) is 31.0 Å². The minimum atomic E-state index is -0.979. The molecule has 8 heteroatoms. The maximum Gasteiger partial charge on any atom is 0.311 e. The van der Waals surface area contributed by atoms with E-state index in [4.69, 9.17) is 4.74 Å². The Balaban J connectivity index is 1.62. The number of aryl methyl sites for hydroxylation is 2. The highest BCUT2D eigenvalue weighted by atomic mass is 16.5. The van der Waals surface area contributed by atoms with E-state index in [2.05, 4.69) is 10.3 Å². The fraction of sp³-hybridized carbons (Fsp3) is 0.474. The molecular weight excluding hydrogens is 350 g/mol. The first-order valence-corrected chi connectivity index (χ1v) is 8.95. The number of nitrogens with one attached hydrogen (secondary N) is 1. The number of aromatic nitrogens is 2. The number of carboxylic acid groups (broad SMARTS) is 1. The van der Waals surface area contributed by atoms with E-state index < -0.39 is 11.4 Å². The minimum Gasteiger partial charge on any atom is -0.481 e. The maximum absolute atomic E-state index is 12.5. The Labute approximate surface area is 156 Å². The molecule has 1 aromatic heterocycles. The molecule has 3 rings (SSSR count). The van der Waals surface area contributed by atoms with E-state index in [9.17, 15) is 19.5 Å².